The van der Waals surface area contributed by atoms with Crippen molar-refractivity contribution >= 4 is 39.3 Å². The molecule has 1 aromatic heterocycles. The molecule has 122 valence electrons. The third-order valence-corrected chi connectivity index (χ3v) is 5.19. The Morgan fingerprint density at radius 2 is 1.88 bits per heavy atom. The molecule has 1 N–H and O–H groups in total. The van der Waals surface area contributed by atoms with Gasteiger partial charge in [0.1, 0.15) is 6.54 Å². The van der Waals surface area contributed by atoms with E-state index in [0.717, 1.165) is 25.6 Å². The van der Waals surface area contributed by atoms with E-state index in [1.807, 2.05) is 61.5 Å². The lowest BCUT2D eigenvalue weighted by molar-refractivity contribution is -0.116. The first-order chi connectivity index (χ1) is 11.6. The van der Waals surface area contributed by atoms with E-state index in [9.17, 15) is 4.79 Å². The largest absolute Gasteiger partial charge is 0.323 e. The predicted octanol–water partition coefficient (Wildman–Crippen LogP) is 4.74. The third-order valence-electron chi connectivity index (χ3n) is 3.32. The number of carbonyl (C=O) groups is 1. The van der Waals surface area contributed by atoms with Crippen molar-refractivity contribution < 1.29 is 4.79 Å². The van der Waals surface area contributed by atoms with Crippen molar-refractivity contribution in [3.8, 4) is 0 Å². The summed E-state index contributed by atoms with van der Waals surface area (Å²) < 4.78 is 2.53. The predicted molar refractivity (Wildman–Crippen MR) is 100 cm³/mol. The highest BCUT2D eigenvalue weighted by Crippen LogP contribution is 2.33. The number of rotatable bonds is 5. The molecule has 0 bridgehead atoms. The molecule has 0 spiro atoms. The Morgan fingerprint density at radius 1 is 1.17 bits per heavy atom. The fourth-order valence-corrected chi connectivity index (χ4v) is 3.42. The van der Waals surface area contributed by atoms with Gasteiger partial charge in [0.2, 0.25) is 5.91 Å². The molecular weight excluding hydrogens is 386 g/mol. The number of hydrogen-bond donors (Lipinski definition) is 1. The molecule has 0 radical (unpaired) electrons. The first-order valence-electron chi connectivity index (χ1n) is 7.43. The van der Waals surface area contributed by atoms with Crippen LogP contribution in [0.1, 0.15) is 5.69 Å². The molecule has 24 heavy (non-hydrogen) atoms. The van der Waals surface area contributed by atoms with E-state index in [4.69, 9.17) is 0 Å². The van der Waals surface area contributed by atoms with Gasteiger partial charge in [-0.1, -0.05) is 42.1 Å². The molecular formula is C18H16BrN3OS. The number of nitrogens with one attached hydrogen (secondary N) is 1. The van der Waals surface area contributed by atoms with Crippen molar-refractivity contribution in [3.05, 3.63) is 71.0 Å². The summed E-state index contributed by atoms with van der Waals surface area (Å²) in [6, 6.07) is 17.9. The quantitative estimate of drug-likeness (QED) is 0.671. The molecule has 0 saturated carbocycles. The average Bonchev–Trinajstić information content (AvgIpc) is 2.88. The van der Waals surface area contributed by atoms with Gasteiger partial charge >= 0.3 is 0 Å². The molecule has 0 saturated heterocycles. The van der Waals surface area contributed by atoms with Crippen molar-refractivity contribution in [1.29, 1.82) is 0 Å². The summed E-state index contributed by atoms with van der Waals surface area (Å²) in [6.45, 7) is 2.07. The van der Waals surface area contributed by atoms with Crippen molar-refractivity contribution in [2.45, 2.75) is 23.3 Å². The number of halogens is 1. The molecule has 1 amide bonds. The van der Waals surface area contributed by atoms with Crippen LogP contribution in [-0.4, -0.2) is 15.7 Å². The monoisotopic (exact) mass is 401 g/mol. The summed E-state index contributed by atoms with van der Waals surface area (Å²) in [5.74, 6) is -0.105. The maximum absolute atomic E-state index is 12.3. The van der Waals surface area contributed by atoms with Crippen LogP contribution in [0, 0.1) is 6.92 Å². The molecule has 6 heteroatoms. The number of aryl methyl sites for hydroxylation is 1. The Morgan fingerprint density at radius 3 is 2.58 bits per heavy atom. The molecule has 0 atom stereocenters. The van der Waals surface area contributed by atoms with E-state index >= 15 is 0 Å². The molecule has 3 aromatic rings. The number of anilines is 1. The Hall–Kier alpha value is -2.05. The topological polar surface area (TPSA) is 46.9 Å². The van der Waals surface area contributed by atoms with Crippen LogP contribution in [0.2, 0.25) is 0 Å². The summed E-state index contributed by atoms with van der Waals surface area (Å²) in [5.41, 5.74) is 1.67. The van der Waals surface area contributed by atoms with Crippen LogP contribution in [0.5, 0.6) is 0 Å². The Bertz CT molecular complexity index is 829. The molecule has 0 unspecified atom stereocenters. The van der Waals surface area contributed by atoms with Crippen LogP contribution in [-0.2, 0) is 11.3 Å². The van der Waals surface area contributed by atoms with Gasteiger partial charge in [0.15, 0.2) is 0 Å². The van der Waals surface area contributed by atoms with Gasteiger partial charge in [0.25, 0.3) is 0 Å². The molecule has 2 aromatic carbocycles. The number of amides is 1. The minimum absolute atomic E-state index is 0.105. The number of nitrogens with zero attached hydrogens (tertiary/aromatic N) is 2. The standard InChI is InChI=1S/C18H16BrN3OS/c1-13-15(19)11-22(21-13)12-18(23)20-16-9-5-6-10-17(16)24-14-7-3-2-4-8-14/h2-11H,12H2,1H3,(H,20,23). The molecule has 0 aliphatic carbocycles. The number of aromatic nitrogens is 2. The van der Waals surface area contributed by atoms with E-state index in [2.05, 4.69) is 26.3 Å². The van der Waals surface area contributed by atoms with Crippen LogP contribution in [0.3, 0.4) is 0 Å². The van der Waals surface area contributed by atoms with Gasteiger partial charge in [-0.05, 0) is 47.1 Å². The SMILES string of the molecule is Cc1nn(CC(=O)Nc2ccccc2Sc2ccccc2)cc1Br. The van der Waals surface area contributed by atoms with Crippen LogP contribution >= 0.6 is 27.7 Å². The van der Waals surface area contributed by atoms with Gasteiger partial charge in [-0.2, -0.15) is 5.10 Å². The first-order valence-corrected chi connectivity index (χ1v) is 9.04. The van der Waals surface area contributed by atoms with Crippen LogP contribution in [0.4, 0.5) is 5.69 Å². The van der Waals surface area contributed by atoms with E-state index in [-0.39, 0.29) is 12.5 Å². The molecule has 0 aliphatic heterocycles. The lowest BCUT2D eigenvalue weighted by Crippen LogP contribution is -2.19. The Labute approximate surface area is 153 Å². The maximum Gasteiger partial charge on any atom is 0.246 e. The van der Waals surface area contributed by atoms with Gasteiger partial charge in [0.05, 0.1) is 15.9 Å². The molecule has 3 rings (SSSR count). The number of para-hydroxylation sites is 1. The van der Waals surface area contributed by atoms with Crippen LogP contribution in [0.15, 0.2) is 75.1 Å². The smallest absolute Gasteiger partial charge is 0.246 e. The number of hydrogen-bond acceptors (Lipinski definition) is 3. The second kappa shape index (κ2) is 7.68. The molecule has 1 heterocycles. The lowest BCUT2D eigenvalue weighted by atomic mass is 10.3. The van der Waals surface area contributed by atoms with Crippen molar-refractivity contribution in [2.75, 3.05) is 5.32 Å². The number of benzene rings is 2. The first kappa shape index (κ1) is 16.8. The highest BCUT2D eigenvalue weighted by molar-refractivity contribution is 9.10. The highest BCUT2D eigenvalue weighted by Gasteiger charge is 2.10. The maximum atomic E-state index is 12.3. The van der Waals surface area contributed by atoms with Crippen molar-refractivity contribution in [2.24, 2.45) is 0 Å². The van der Waals surface area contributed by atoms with Gasteiger partial charge in [0, 0.05) is 16.0 Å². The van der Waals surface area contributed by atoms with E-state index < -0.39 is 0 Å². The zero-order valence-corrected chi connectivity index (χ0v) is 15.5. The highest BCUT2D eigenvalue weighted by atomic mass is 79.9. The summed E-state index contributed by atoms with van der Waals surface area (Å²) in [6.07, 6.45) is 1.81. The van der Waals surface area contributed by atoms with E-state index in [0.29, 0.717) is 0 Å². The van der Waals surface area contributed by atoms with Gasteiger partial charge in [-0.3, -0.25) is 9.48 Å². The van der Waals surface area contributed by atoms with Crippen molar-refractivity contribution in [3.63, 3.8) is 0 Å². The zero-order valence-electron chi connectivity index (χ0n) is 13.1. The van der Waals surface area contributed by atoms with Crippen molar-refractivity contribution in [1.82, 2.24) is 9.78 Å². The van der Waals surface area contributed by atoms with Gasteiger partial charge < -0.3 is 5.32 Å². The normalized spacial score (nSPS) is 10.6. The summed E-state index contributed by atoms with van der Waals surface area (Å²) >= 11 is 5.03. The average molecular weight is 402 g/mol. The summed E-state index contributed by atoms with van der Waals surface area (Å²) in [7, 11) is 0. The summed E-state index contributed by atoms with van der Waals surface area (Å²) in [5, 5.41) is 7.26. The minimum Gasteiger partial charge on any atom is -0.323 e. The Kier molecular flexibility index (Phi) is 5.37. The number of carbonyl (C=O) groups excluding carboxylic acids is 1. The van der Waals surface area contributed by atoms with Gasteiger partial charge in [-0.25, -0.2) is 0 Å². The second-order valence-electron chi connectivity index (χ2n) is 5.22. The molecule has 0 fully saturated rings. The fraction of sp³-hybridized carbons (Fsp3) is 0.111. The molecule has 4 nitrogen and oxygen atoms in total. The van der Waals surface area contributed by atoms with Crippen LogP contribution < -0.4 is 5.32 Å². The third kappa shape index (κ3) is 4.27. The van der Waals surface area contributed by atoms with Crippen LogP contribution in [0.25, 0.3) is 0 Å². The lowest BCUT2D eigenvalue weighted by Gasteiger charge is -2.11. The summed E-state index contributed by atoms with van der Waals surface area (Å²) in [4.78, 5) is 14.5. The fourth-order valence-electron chi connectivity index (χ4n) is 2.19. The van der Waals surface area contributed by atoms with E-state index in [1.54, 1.807) is 22.6 Å². The minimum atomic E-state index is -0.105. The van der Waals surface area contributed by atoms with E-state index in [1.165, 1.54) is 0 Å². The van der Waals surface area contributed by atoms with Gasteiger partial charge in [-0.15, -0.1) is 0 Å². The Balaban J connectivity index is 1.71. The zero-order chi connectivity index (χ0) is 16.9. The molecule has 0 aliphatic rings. The second-order valence-corrected chi connectivity index (χ2v) is 7.19.